The third kappa shape index (κ3) is 6.12. The number of carbonyl (C=O) groups is 3. The highest BCUT2D eigenvalue weighted by atomic mass is 16.5. The van der Waals surface area contributed by atoms with Crippen LogP contribution in [-0.2, 0) is 14.3 Å². The van der Waals surface area contributed by atoms with Gasteiger partial charge in [0.15, 0.2) is 0 Å². The average molecular weight is 453 g/mol. The lowest BCUT2D eigenvalue weighted by atomic mass is 9.98. The molecule has 0 heterocycles. The van der Waals surface area contributed by atoms with Crippen LogP contribution in [0.4, 0.5) is 4.79 Å². The minimum Gasteiger partial charge on any atom is -0.481 e. The molecule has 0 saturated heterocycles. The third-order valence-electron chi connectivity index (χ3n) is 5.93. The highest BCUT2D eigenvalue weighted by Crippen LogP contribution is 2.44. The van der Waals surface area contributed by atoms with E-state index in [9.17, 15) is 14.4 Å². The Hall–Kier alpha value is -3.35. The molecule has 0 radical (unpaired) electrons. The number of carboxylic acid groups (broad SMARTS) is 1. The standard InChI is InChI=1S/C26H32N2O5/c1-4-28(15-9-14-24(30)31)23(29)16-26(2,3)27-25(32)33-17-22-20-12-7-5-10-18(20)19-11-6-8-13-21(19)22/h5-8,10-13,22H,4,9,14-17H2,1-3H3,(H,27,32)(H,30,31). The van der Waals surface area contributed by atoms with Gasteiger partial charge in [-0.15, -0.1) is 0 Å². The Morgan fingerprint density at radius 2 is 1.61 bits per heavy atom. The smallest absolute Gasteiger partial charge is 0.407 e. The van der Waals surface area contributed by atoms with Gasteiger partial charge < -0.3 is 20.1 Å². The molecule has 0 bridgehead atoms. The monoisotopic (exact) mass is 452 g/mol. The number of hydrogen-bond acceptors (Lipinski definition) is 4. The molecule has 2 aromatic rings. The Balaban J connectivity index is 1.56. The lowest BCUT2D eigenvalue weighted by Gasteiger charge is -2.29. The van der Waals surface area contributed by atoms with Gasteiger partial charge in [0.2, 0.25) is 5.91 Å². The van der Waals surface area contributed by atoms with Crippen molar-refractivity contribution in [2.75, 3.05) is 19.7 Å². The number of aliphatic carboxylic acids is 1. The van der Waals surface area contributed by atoms with Crippen molar-refractivity contribution in [3.63, 3.8) is 0 Å². The summed E-state index contributed by atoms with van der Waals surface area (Å²) in [5, 5.41) is 11.6. The van der Waals surface area contributed by atoms with Crippen LogP contribution in [0.2, 0.25) is 0 Å². The molecule has 3 rings (SSSR count). The second-order valence-corrected chi connectivity index (χ2v) is 8.98. The van der Waals surface area contributed by atoms with E-state index in [1.807, 2.05) is 31.2 Å². The lowest BCUT2D eigenvalue weighted by molar-refractivity contribution is -0.138. The van der Waals surface area contributed by atoms with E-state index in [1.54, 1.807) is 18.7 Å². The van der Waals surface area contributed by atoms with E-state index in [0.29, 0.717) is 19.5 Å². The molecule has 1 aliphatic rings. The zero-order valence-corrected chi connectivity index (χ0v) is 19.5. The van der Waals surface area contributed by atoms with Crippen molar-refractivity contribution in [3.05, 3.63) is 59.7 Å². The Kier molecular flexibility index (Phi) is 7.74. The number of carbonyl (C=O) groups excluding carboxylic acids is 2. The topological polar surface area (TPSA) is 95.9 Å². The van der Waals surface area contributed by atoms with Gasteiger partial charge in [0, 0.05) is 37.4 Å². The molecule has 7 nitrogen and oxygen atoms in total. The fourth-order valence-corrected chi connectivity index (χ4v) is 4.33. The first-order valence-corrected chi connectivity index (χ1v) is 11.3. The fourth-order valence-electron chi connectivity index (χ4n) is 4.33. The van der Waals surface area contributed by atoms with Gasteiger partial charge >= 0.3 is 12.1 Å². The van der Waals surface area contributed by atoms with E-state index in [2.05, 4.69) is 29.6 Å². The van der Waals surface area contributed by atoms with Gasteiger partial charge in [0.1, 0.15) is 6.61 Å². The molecule has 0 aliphatic heterocycles. The zero-order chi connectivity index (χ0) is 24.0. The quantitative estimate of drug-likeness (QED) is 0.557. The van der Waals surface area contributed by atoms with Crippen LogP contribution in [0.5, 0.6) is 0 Å². The predicted molar refractivity (Wildman–Crippen MR) is 126 cm³/mol. The Morgan fingerprint density at radius 3 is 2.15 bits per heavy atom. The van der Waals surface area contributed by atoms with Crippen molar-refractivity contribution in [1.29, 1.82) is 0 Å². The van der Waals surface area contributed by atoms with E-state index >= 15 is 0 Å². The number of benzene rings is 2. The van der Waals surface area contributed by atoms with Gasteiger partial charge in [-0.05, 0) is 49.4 Å². The molecule has 176 valence electrons. The first kappa shape index (κ1) is 24.3. The first-order chi connectivity index (χ1) is 15.7. The third-order valence-corrected chi connectivity index (χ3v) is 5.93. The maximum absolute atomic E-state index is 12.7. The van der Waals surface area contributed by atoms with Crippen LogP contribution in [0.15, 0.2) is 48.5 Å². The van der Waals surface area contributed by atoms with E-state index < -0.39 is 17.6 Å². The normalized spacial score (nSPS) is 12.6. The first-order valence-electron chi connectivity index (χ1n) is 11.3. The number of nitrogens with one attached hydrogen (secondary N) is 1. The number of amides is 2. The number of rotatable bonds is 10. The molecule has 1 aliphatic carbocycles. The summed E-state index contributed by atoms with van der Waals surface area (Å²) in [6, 6.07) is 16.3. The van der Waals surface area contributed by atoms with E-state index in [4.69, 9.17) is 9.84 Å². The van der Waals surface area contributed by atoms with Crippen molar-refractivity contribution in [1.82, 2.24) is 10.2 Å². The molecule has 0 spiro atoms. The second-order valence-electron chi connectivity index (χ2n) is 8.98. The highest BCUT2D eigenvalue weighted by molar-refractivity contribution is 5.80. The van der Waals surface area contributed by atoms with Crippen LogP contribution < -0.4 is 5.32 Å². The minimum absolute atomic E-state index is 0.0190. The van der Waals surface area contributed by atoms with Crippen molar-refractivity contribution in [3.8, 4) is 11.1 Å². The molecule has 0 atom stereocenters. The van der Waals surface area contributed by atoms with Crippen molar-refractivity contribution < 1.29 is 24.2 Å². The summed E-state index contributed by atoms with van der Waals surface area (Å²) in [5.41, 5.74) is 3.80. The number of alkyl carbamates (subject to hydrolysis) is 1. The van der Waals surface area contributed by atoms with Crippen LogP contribution in [0, 0.1) is 0 Å². The van der Waals surface area contributed by atoms with Gasteiger partial charge in [0.25, 0.3) is 0 Å². The summed E-state index contributed by atoms with van der Waals surface area (Å²) in [4.78, 5) is 37.6. The molecule has 33 heavy (non-hydrogen) atoms. The van der Waals surface area contributed by atoms with E-state index in [1.165, 1.54) is 0 Å². The maximum atomic E-state index is 12.7. The van der Waals surface area contributed by atoms with Gasteiger partial charge in [-0.2, -0.15) is 0 Å². The van der Waals surface area contributed by atoms with E-state index in [-0.39, 0.29) is 31.3 Å². The summed E-state index contributed by atoms with van der Waals surface area (Å²) < 4.78 is 5.59. The summed E-state index contributed by atoms with van der Waals surface area (Å²) in [6.07, 6.45) is -0.0538. The van der Waals surface area contributed by atoms with Gasteiger partial charge in [-0.3, -0.25) is 9.59 Å². The van der Waals surface area contributed by atoms with Gasteiger partial charge in [0.05, 0.1) is 0 Å². The zero-order valence-electron chi connectivity index (χ0n) is 19.5. The SMILES string of the molecule is CCN(CCCC(=O)O)C(=O)CC(C)(C)NC(=O)OCC1c2ccccc2-c2ccccc21. The van der Waals surface area contributed by atoms with Crippen LogP contribution in [0.1, 0.15) is 57.1 Å². The highest BCUT2D eigenvalue weighted by Gasteiger charge is 2.31. The molecule has 2 amide bonds. The van der Waals surface area contributed by atoms with Crippen LogP contribution in [0.3, 0.4) is 0 Å². The molecular weight excluding hydrogens is 420 g/mol. The Morgan fingerprint density at radius 1 is 1.03 bits per heavy atom. The second kappa shape index (κ2) is 10.5. The summed E-state index contributed by atoms with van der Waals surface area (Å²) in [5.74, 6) is -1.04. The number of ether oxygens (including phenoxy) is 1. The summed E-state index contributed by atoms with van der Waals surface area (Å²) >= 11 is 0. The fraction of sp³-hybridized carbons (Fsp3) is 0.423. The van der Waals surface area contributed by atoms with Gasteiger partial charge in [-0.1, -0.05) is 48.5 Å². The molecule has 0 fully saturated rings. The Bertz CT molecular complexity index is 972. The molecule has 0 aromatic heterocycles. The number of hydrogen-bond donors (Lipinski definition) is 2. The average Bonchev–Trinajstić information content (AvgIpc) is 3.08. The molecule has 0 unspecified atom stereocenters. The van der Waals surface area contributed by atoms with Crippen molar-refractivity contribution in [2.24, 2.45) is 0 Å². The number of nitrogens with zero attached hydrogens (tertiary/aromatic N) is 1. The van der Waals surface area contributed by atoms with Crippen molar-refractivity contribution in [2.45, 2.75) is 51.5 Å². The van der Waals surface area contributed by atoms with Gasteiger partial charge in [-0.25, -0.2) is 4.79 Å². The maximum Gasteiger partial charge on any atom is 0.407 e. The summed E-state index contributed by atoms with van der Waals surface area (Å²) in [6.45, 7) is 6.47. The van der Waals surface area contributed by atoms with Crippen LogP contribution in [-0.4, -0.2) is 53.2 Å². The lowest BCUT2D eigenvalue weighted by Crippen LogP contribution is -2.48. The van der Waals surface area contributed by atoms with Crippen LogP contribution >= 0.6 is 0 Å². The minimum atomic E-state index is -0.879. The summed E-state index contributed by atoms with van der Waals surface area (Å²) in [7, 11) is 0. The number of carboxylic acids is 1. The van der Waals surface area contributed by atoms with E-state index in [0.717, 1.165) is 22.3 Å². The molecule has 2 N–H and O–H groups in total. The van der Waals surface area contributed by atoms with Crippen molar-refractivity contribution >= 4 is 18.0 Å². The largest absolute Gasteiger partial charge is 0.481 e. The predicted octanol–water partition coefficient (Wildman–Crippen LogP) is 4.41. The molecule has 7 heteroatoms. The molecule has 0 saturated carbocycles. The molecular formula is C26H32N2O5. The Labute approximate surface area is 194 Å². The van der Waals surface area contributed by atoms with Crippen LogP contribution in [0.25, 0.3) is 11.1 Å². The molecule has 2 aromatic carbocycles. The number of fused-ring (bicyclic) bond motifs is 3.